The van der Waals surface area contributed by atoms with Gasteiger partial charge in [0.15, 0.2) is 0 Å². The van der Waals surface area contributed by atoms with Gasteiger partial charge in [-0.25, -0.2) is 0 Å². The summed E-state index contributed by atoms with van der Waals surface area (Å²) in [6.07, 6.45) is -6.31. The van der Waals surface area contributed by atoms with E-state index in [9.17, 15) is 57.1 Å². The van der Waals surface area contributed by atoms with Crippen LogP contribution in [0.2, 0.25) is 0 Å². The van der Waals surface area contributed by atoms with Crippen LogP contribution in [0.1, 0.15) is 5.56 Å². The zero-order chi connectivity index (χ0) is 24.1. The molecule has 0 aliphatic carbocycles. The monoisotopic (exact) mass is 473 g/mol. The lowest BCUT2D eigenvalue weighted by Crippen LogP contribution is -2.69. The molecule has 0 fully saturated rings. The van der Waals surface area contributed by atoms with Crippen LogP contribution in [0.15, 0.2) is 48.7 Å². The van der Waals surface area contributed by atoms with Crippen LogP contribution < -0.4 is 0 Å². The van der Waals surface area contributed by atoms with Crippen molar-refractivity contribution in [2.45, 2.75) is 35.8 Å². The molecular formula is C17H8F13N. The molecule has 2 rings (SSSR count). The van der Waals surface area contributed by atoms with E-state index in [1.54, 1.807) is 0 Å². The van der Waals surface area contributed by atoms with Gasteiger partial charge in [0.25, 0.3) is 0 Å². The molecular weight excluding hydrogens is 465 g/mol. The molecule has 14 heteroatoms. The highest BCUT2D eigenvalue weighted by atomic mass is 19.4. The van der Waals surface area contributed by atoms with Gasteiger partial charge in [-0.05, 0) is 18.2 Å². The zero-order valence-corrected chi connectivity index (χ0v) is 14.5. The van der Waals surface area contributed by atoms with Crippen LogP contribution in [-0.4, -0.2) is 34.9 Å². The van der Waals surface area contributed by atoms with E-state index in [4.69, 9.17) is 0 Å². The average molecular weight is 473 g/mol. The number of benzene rings is 1. The van der Waals surface area contributed by atoms with E-state index in [2.05, 4.69) is 4.98 Å². The van der Waals surface area contributed by atoms with Crippen molar-refractivity contribution in [1.29, 1.82) is 0 Å². The van der Waals surface area contributed by atoms with Crippen LogP contribution in [0, 0.1) is 0 Å². The smallest absolute Gasteiger partial charge is 0.256 e. The second-order valence-corrected chi connectivity index (χ2v) is 6.17. The summed E-state index contributed by atoms with van der Waals surface area (Å²) in [4.78, 5) is 3.66. The molecule has 172 valence electrons. The minimum Gasteiger partial charge on any atom is -0.256 e. The summed E-state index contributed by atoms with van der Waals surface area (Å²) in [5, 5.41) is 0. The van der Waals surface area contributed by atoms with Gasteiger partial charge in [0.05, 0.1) is 5.69 Å². The molecule has 0 N–H and O–H groups in total. The number of aromatic nitrogens is 1. The van der Waals surface area contributed by atoms with Crippen molar-refractivity contribution in [3.05, 3.63) is 54.2 Å². The van der Waals surface area contributed by atoms with Crippen LogP contribution in [-0.2, 0) is 5.92 Å². The van der Waals surface area contributed by atoms with E-state index >= 15 is 0 Å². The van der Waals surface area contributed by atoms with Crippen LogP contribution in [0.5, 0.6) is 0 Å². The Balaban J connectivity index is 2.60. The molecule has 0 radical (unpaired) electrons. The summed E-state index contributed by atoms with van der Waals surface area (Å²) in [5.74, 6) is -37.2. The lowest BCUT2D eigenvalue weighted by atomic mass is 9.90. The first-order valence-electron chi connectivity index (χ1n) is 7.80. The van der Waals surface area contributed by atoms with E-state index < -0.39 is 41.4 Å². The summed E-state index contributed by atoms with van der Waals surface area (Å²) < 4.78 is 172. The molecule has 2 aromatic rings. The second kappa shape index (κ2) is 7.26. The first-order chi connectivity index (χ1) is 13.8. The minimum atomic E-state index is -7.93. The standard InChI is InChI=1S/C17H8F13N/c18-12(19,10-5-3-4-9(8-10)11-6-1-2-7-31-11)13(20,21)14(22,23)15(24,25)16(26,27)17(28,29)30/h1-8H. The first kappa shape index (κ1) is 24.7. The van der Waals surface area contributed by atoms with Gasteiger partial charge in [-0.3, -0.25) is 4.98 Å². The Kier molecular flexibility index (Phi) is 5.79. The quantitative estimate of drug-likeness (QED) is 0.414. The molecule has 0 aliphatic heterocycles. The highest BCUT2D eigenvalue weighted by molar-refractivity contribution is 5.60. The number of pyridine rings is 1. The van der Waals surface area contributed by atoms with Gasteiger partial charge in [0.1, 0.15) is 0 Å². The molecule has 1 aromatic carbocycles. The molecule has 0 unspecified atom stereocenters. The van der Waals surface area contributed by atoms with Crippen molar-refractivity contribution in [1.82, 2.24) is 4.98 Å². The summed E-state index contributed by atoms with van der Waals surface area (Å²) in [6, 6.07) is 5.66. The lowest BCUT2D eigenvalue weighted by Gasteiger charge is -2.39. The summed E-state index contributed by atoms with van der Waals surface area (Å²) in [7, 11) is 0. The molecule has 0 spiro atoms. The molecule has 0 atom stereocenters. The summed E-state index contributed by atoms with van der Waals surface area (Å²) in [5.41, 5.74) is -2.58. The Hall–Kier alpha value is -2.54. The Labute approximate surface area is 164 Å². The molecule has 31 heavy (non-hydrogen) atoms. The van der Waals surface area contributed by atoms with E-state index in [1.165, 1.54) is 18.2 Å². The van der Waals surface area contributed by atoms with Gasteiger partial charge in [-0.15, -0.1) is 0 Å². The topological polar surface area (TPSA) is 12.9 Å². The van der Waals surface area contributed by atoms with Crippen LogP contribution in [0.3, 0.4) is 0 Å². The van der Waals surface area contributed by atoms with Gasteiger partial charge in [-0.2, -0.15) is 57.1 Å². The van der Waals surface area contributed by atoms with Gasteiger partial charge >= 0.3 is 35.8 Å². The van der Waals surface area contributed by atoms with Gasteiger partial charge < -0.3 is 0 Å². The maximum atomic E-state index is 14.2. The van der Waals surface area contributed by atoms with Crippen LogP contribution in [0.4, 0.5) is 57.1 Å². The number of hydrogen-bond acceptors (Lipinski definition) is 1. The SMILES string of the molecule is FC(F)(F)C(F)(F)C(F)(F)C(F)(F)C(F)(F)C(F)(F)c1cccc(-c2ccccn2)c1. The maximum absolute atomic E-state index is 14.2. The van der Waals surface area contributed by atoms with E-state index in [0.29, 0.717) is 6.07 Å². The van der Waals surface area contributed by atoms with Crippen LogP contribution >= 0.6 is 0 Å². The molecule has 0 saturated carbocycles. The third-order valence-electron chi connectivity index (χ3n) is 4.12. The molecule has 1 aromatic heterocycles. The number of nitrogens with zero attached hydrogens (tertiary/aromatic N) is 1. The first-order valence-corrected chi connectivity index (χ1v) is 7.80. The molecule has 0 amide bonds. The Morgan fingerprint density at radius 1 is 0.548 bits per heavy atom. The van der Waals surface area contributed by atoms with Crippen molar-refractivity contribution in [2.75, 3.05) is 0 Å². The number of alkyl halides is 13. The maximum Gasteiger partial charge on any atom is 0.460 e. The van der Waals surface area contributed by atoms with Crippen molar-refractivity contribution >= 4 is 0 Å². The second-order valence-electron chi connectivity index (χ2n) is 6.17. The lowest BCUT2D eigenvalue weighted by molar-refractivity contribution is -0.441. The van der Waals surface area contributed by atoms with Crippen LogP contribution in [0.25, 0.3) is 11.3 Å². The number of halogens is 13. The predicted octanol–water partition coefficient (Wildman–Crippen LogP) is 6.94. The van der Waals surface area contributed by atoms with Gasteiger partial charge in [0, 0.05) is 17.3 Å². The fourth-order valence-electron chi connectivity index (χ4n) is 2.36. The zero-order valence-electron chi connectivity index (χ0n) is 14.5. The largest absolute Gasteiger partial charge is 0.460 e. The summed E-state index contributed by atoms with van der Waals surface area (Å²) in [6.45, 7) is 0. The van der Waals surface area contributed by atoms with Crippen molar-refractivity contribution in [3.63, 3.8) is 0 Å². The predicted molar refractivity (Wildman–Crippen MR) is 79.4 cm³/mol. The van der Waals surface area contributed by atoms with Crippen molar-refractivity contribution < 1.29 is 57.1 Å². The molecule has 1 heterocycles. The normalized spacial score (nSPS) is 14.6. The molecule has 0 bridgehead atoms. The number of rotatable bonds is 6. The fourth-order valence-corrected chi connectivity index (χ4v) is 2.36. The summed E-state index contributed by atoms with van der Waals surface area (Å²) >= 11 is 0. The fraction of sp³-hybridized carbons (Fsp3) is 0.353. The highest BCUT2D eigenvalue weighted by Crippen LogP contribution is 2.62. The molecule has 0 saturated heterocycles. The number of hydrogen-bond donors (Lipinski definition) is 0. The van der Waals surface area contributed by atoms with Crippen molar-refractivity contribution in [3.8, 4) is 11.3 Å². The molecule has 0 aliphatic rings. The Morgan fingerprint density at radius 2 is 1.10 bits per heavy atom. The average Bonchev–Trinajstić information content (AvgIpc) is 2.67. The van der Waals surface area contributed by atoms with E-state index in [1.807, 2.05) is 0 Å². The van der Waals surface area contributed by atoms with Gasteiger partial charge in [0.2, 0.25) is 0 Å². The van der Waals surface area contributed by atoms with E-state index in [-0.39, 0.29) is 23.4 Å². The Bertz CT molecular complexity index is 919. The van der Waals surface area contributed by atoms with Crippen molar-refractivity contribution in [2.24, 2.45) is 0 Å². The Morgan fingerprint density at radius 3 is 1.58 bits per heavy atom. The van der Waals surface area contributed by atoms with E-state index in [0.717, 1.165) is 12.3 Å². The third kappa shape index (κ3) is 3.59. The van der Waals surface area contributed by atoms with Gasteiger partial charge in [-0.1, -0.05) is 24.3 Å². The third-order valence-corrected chi connectivity index (χ3v) is 4.12. The molecule has 1 nitrogen and oxygen atoms in total. The minimum absolute atomic E-state index is 0.0798. The highest BCUT2D eigenvalue weighted by Gasteiger charge is 2.90.